The molecule has 2 aromatic heterocycles. The minimum absolute atomic E-state index is 0.189. The number of nitrogens with zero attached hydrogens (tertiary/aromatic N) is 4. The van der Waals surface area contributed by atoms with Gasteiger partial charge in [0.25, 0.3) is 11.8 Å². The highest BCUT2D eigenvalue weighted by molar-refractivity contribution is 7.15. The number of amides is 4. The Hall–Kier alpha value is -6.80. The fourth-order valence-corrected chi connectivity index (χ4v) is 9.62. The van der Waals surface area contributed by atoms with Crippen molar-refractivity contribution in [3.05, 3.63) is 144 Å². The van der Waals surface area contributed by atoms with E-state index in [9.17, 15) is 19.2 Å². The van der Waals surface area contributed by atoms with Crippen molar-refractivity contribution in [3.63, 3.8) is 0 Å². The van der Waals surface area contributed by atoms with Gasteiger partial charge in [0.1, 0.15) is 34.1 Å². The van der Waals surface area contributed by atoms with Gasteiger partial charge in [-0.1, -0.05) is 109 Å². The van der Waals surface area contributed by atoms with Crippen LogP contribution in [0.15, 0.2) is 122 Å². The van der Waals surface area contributed by atoms with Crippen LogP contribution in [0.2, 0.25) is 0 Å². The number of hydrogen-bond acceptors (Lipinski definition) is 9. The van der Waals surface area contributed by atoms with Gasteiger partial charge in [0, 0.05) is 19.3 Å². The minimum Gasteiger partial charge on any atom is -0.444 e. The van der Waals surface area contributed by atoms with Gasteiger partial charge in [-0.2, -0.15) is 0 Å². The zero-order chi connectivity index (χ0) is 46.6. The zero-order valence-electron chi connectivity index (χ0n) is 38.2. The maximum atomic E-state index is 14.2. The van der Waals surface area contributed by atoms with Gasteiger partial charge >= 0.3 is 12.2 Å². The van der Waals surface area contributed by atoms with Crippen LogP contribution in [-0.4, -0.2) is 73.0 Å². The quantitative estimate of drug-likeness (QED) is 0.116. The molecule has 0 spiro atoms. The molecule has 342 valence electrons. The molecular formula is C52H57N7O6S. The smallest absolute Gasteiger partial charge is 0.408 e. The molecule has 0 aliphatic carbocycles. The standard InChI is InChI=1S/C52H57N7O6S/c1-51(2,3)64-49(62)56-43(37-15-9-7-10-16-37)47(60)58-29-13-19-40(58)45-53-31-39(55-45)35-25-21-33(22-26-35)34-23-27-36(28-24-34)42-32-54-46(66-42)41-20-14-30-59(41)48(61)44(38-17-11-8-12-18-38)57-50(63)65-52(4,5)6/h7-12,15-18,21-28,31-32,40-41,43-44H,13-14,19-20,29-30H2,1-6H3,(H,53,55)(H,56,62)(H,57,63)/t40-,41-,43+,44+/m0/s1. The van der Waals surface area contributed by atoms with E-state index >= 15 is 0 Å². The summed E-state index contributed by atoms with van der Waals surface area (Å²) < 4.78 is 11.0. The van der Waals surface area contributed by atoms with Gasteiger partial charge in [-0.3, -0.25) is 9.59 Å². The average molecular weight is 908 g/mol. The zero-order valence-corrected chi connectivity index (χ0v) is 39.1. The Kier molecular flexibility index (Phi) is 13.4. The Bertz CT molecular complexity index is 2450. The lowest BCUT2D eigenvalue weighted by molar-refractivity contribution is -0.135. The largest absolute Gasteiger partial charge is 0.444 e. The second-order valence-corrected chi connectivity index (χ2v) is 19.8. The maximum absolute atomic E-state index is 14.2. The Morgan fingerprint density at radius 2 is 1.06 bits per heavy atom. The third-order valence-electron chi connectivity index (χ3n) is 11.6. The molecule has 2 fully saturated rings. The van der Waals surface area contributed by atoms with E-state index in [1.165, 1.54) is 0 Å². The summed E-state index contributed by atoms with van der Waals surface area (Å²) in [5, 5.41) is 6.52. The van der Waals surface area contributed by atoms with Gasteiger partial charge in [-0.15, -0.1) is 11.3 Å². The third-order valence-corrected chi connectivity index (χ3v) is 12.7. The number of thiazole rings is 1. The molecule has 8 rings (SSSR count). The molecule has 3 N–H and O–H groups in total. The van der Waals surface area contributed by atoms with Crippen LogP contribution in [0.3, 0.4) is 0 Å². The molecule has 4 atom stereocenters. The normalized spacial score (nSPS) is 17.2. The van der Waals surface area contributed by atoms with E-state index in [0.717, 1.165) is 63.5 Å². The van der Waals surface area contributed by atoms with Crippen LogP contribution in [0.25, 0.3) is 32.8 Å². The molecule has 0 unspecified atom stereocenters. The lowest BCUT2D eigenvalue weighted by Gasteiger charge is -2.29. The molecule has 4 amide bonds. The number of nitrogens with one attached hydrogen (secondary N) is 3. The topological polar surface area (TPSA) is 159 Å². The Labute approximate surface area is 390 Å². The molecule has 0 saturated carbocycles. The first kappa shape index (κ1) is 45.8. The summed E-state index contributed by atoms with van der Waals surface area (Å²) in [6, 6.07) is 32.9. The van der Waals surface area contributed by atoms with Crippen LogP contribution in [0.4, 0.5) is 9.59 Å². The fourth-order valence-electron chi connectivity index (χ4n) is 8.55. The molecule has 2 saturated heterocycles. The van der Waals surface area contributed by atoms with Crippen molar-refractivity contribution in [2.75, 3.05) is 13.1 Å². The molecule has 13 nitrogen and oxygen atoms in total. The summed E-state index contributed by atoms with van der Waals surface area (Å²) in [4.78, 5) is 71.8. The number of rotatable bonds is 11. The van der Waals surface area contributed by atoms with Crippen molar-refractivity contribution < 1.29 is 28.7 Å². The first-order valence-electron chi connectivity index (χ1n) is 22.5. The number of ether oxygens (including phenoxy) is 2. The second kappa shape index (κ2) is 19.4. The van der Waals surface area contributed by atoms with E-state index < -0.39 is 35.5 Å². The monoisotopic (exact) mass is 907 g/mol. The van der Waals surface area contributed by atoms with Crippen molar-refractivity contribution in [3.8, 4) is 32.8 Å². The van der Waals surface area contributed by atoms with Crippen molar-refractivity contribution in [2.45, 2.75) is 103 Å². The number of carbonyl (C=O) groups excluding carboxylic acids is 4. The molecule has 6 aromatic rings. The van der Waals surface area contributed by atoms with Gasteiger partial charge in [0.15, 0.2) is 0 Å². The molecule has 66 heavy (non-hydrogen) atoms. The van der Waals surface area contributed by atoms with E-state index in [1.807, 2.05) is 71.8 Å². The van der Waals surface area contributed by atoms with Crippen LogP contribution in [-0.2, 0) is 19.1 Å². The van der Waals surface area contributed by atoms with Gasteiger partial charge in [0.05, 0.1) is 28.9 Å². The molecule has 0 bridgehead atoms. The van der Waals surface area contributed by atoms with E-state index in [2.05, 4.69) is 64.1 Å². The first-order valence-corrected chi connectivity index (χ1v) is 23.3. The first-order chi connectivity index (χ1) is 31.6. The number of H-pyrrole nitrogens is 1. The highest BCUT2D eigenvalue weighted by Crippen LogP contribution is 2.40. The van der Waals surface area contributed by atoms with Crippen molar-refractivity contribution in [1.82, 2.24) is 35.4 Å². The number of hydrogen-bond donors (Lipinski definition) is 3. The number of likely N-dealkylation sites (tertiary alicyclic amines) is 2. The van der Waals surface area contributed by atoms with Crippen LogP contribution in [0.5, 0.6) is 0 Å². The molecule has 4 aromatic carbocycles. The number of aromatic nitrogens is 3. The summed E-state index contributed by atoms with van der Waals surface area (Å²) >= 11 is 1.58. The predicted octanol–water partition coefficient (Wildman–Crippen LogP) is 10.7. The van der Waals surface area contributed by atoms with Gasteiger partial charge in [0.2, 0.25) is 0 Å². The van der Waals surface area contributed by atoms with Crippen molar-refractivity contribution in [1.29, 1.82) is 0 Å². The molecular weight excluding hydrogens is 851 g/mol. The average Bonchev–Trinajstić information content (AvgIpc) is 4.14. The predicted molar refractivity (Wildman–Crippen MR) is 255 cm³/mol. The maximum Gasteiger partial charge on any atom is 0.408 e. The highest BCUT2D eigenvalue weighted by atomic mass is 32.1. The van der Waals surface area contributed by atoms with Crippen LogP contribution in [0.1, 0.15) is 113 Å². The molecule has 2 aliphatic heterocycles. The SMILES string of the molecule is CC(C)(C)OC(=O)N[C@@H](C(=O)N1CCC[C@H]1c1ncc(-c2ccc(-c3ccc(-c4cnc([C@@H]5CCCN5C(=O)[C@H](NC(=O)OC(C)(C)C)c5ccccc5)s4)cc3)cc2)[nH]1)c1ccccc1. The van der Waals surface area contributed by atoms with Crippen molar-refractivity contribution >= 4 is 35.3 Å². The molecule has 14 heteroatoms. The molecule has 4 heterocycles. The lowest BCUT2D eigenvalue weighted by atomic mass is 10.0. The highest BCUT2D eigenvalue weighted by Gasteiger charge is 2.39. The number of carbonyl (C=O) groups is 4. The Balaban J connectivity index is 0.922. The lowest BCUT2D eigenvalue weighted by Crippen LogP contribution is -2.44. The summed E-state index contributed by atoms with van der Waals surface area (Å²) in [5.74, 6) is 0.296. The summed E-state index contributed by atoms with van der Waals surface area (Å²) in [6.07, 6.45) is 5.56. The number of alkyl carbamates (subject to hydrolysis) is 2. The second-order valence-electron chi connectivity index (χ2n) is 18.8. The fraction of sp³-hybridized carbons (Fsp3) is 0.346. The van der Waals surface area contributed by atoms with Crippen LogP contribution in [0, 0.1) is 0 Å². The Morgan fingerprint density at radius 3 is 1.56 bits per heavy atom. The van der Waals surface area contributed by atoms with Crippen molar-refractivity contribution in [2.24, 2.45) is 0 Å². The van der Waals surface area contributed by atoms with Gasteiger partial charge in [-0.05, 0) is 101 Å². The van der Waals surface area contributed by atoms with E-state index in [0.29, 0.717) is 30.0 Å². The summed E-state index contributed by atoms with van der Waals surface area (Å²) in [7, 11) is 0. The number of benzene rings is 4. The van der Waals surface area contributed by atoms with Gasteiger partial charge in [-0.25, -0.2) is 19.6 Å². The van der Waals surface area contributed by atoms with E-state index in [-0.39, 0.29) is 23.9 Å². The van der Waals surface area contributed by atoms with Crippen LogP contribution >= 0.6 is 11.3 Å². The third kappa shape index (κ3) is 10.8. The van der Waals surface area contributed by atoms with E-state index in [4.69, 9.17) is 19.4 Å². The number of aromatic amines is 1. The minimum atomic E-state index is -0.909. The molecule has 2 aliphatic rings. The summed E-state index contributed by atoms with van der Waals surface area (Å²) in [6.45, 7) is 11.9. The van der Waals surface area contributed by atoms with E-state index in [1.54, 1.807) is 64.0 Å². The molecule has 0 radical (unpaired) electrons. The summed E-state index contributed by atoms with van der Waals surface area (Å²) in [5.41, 5.74) is 4.91. The number of imidazole rings is 1. The Morgan fingerprint density at radius 1 is 0.606 bits per heavy atom. The van der Waals surface area contributed by atoms with Gasteiger partial charge < -0.3 is 34.9 Å². The van der Waals surface area contributed by atoms with Crippen LogP contribution < -0.4 is 10.6 Å².